The fraction of sp³-hybridized carbons (Fsp3) is 0.400. The number of unbranched alkanes of at least 4 members (excludes halogenated alkanes) is 2. The maximum atomic E-state index is 13.2. The van der Waals surface area contributed by atoms with Gasteiger partial charge in [-0.1, -0.05) is 31.1 Å². The Morgan fingerprint density at radius 3 is 2.70 bits per heavy atom. The largest absolute Gasteiger partial charge is 0.493 e. The molecule has 3 nitrogen and oxygen atoms in total. The average Bonchev–Trinajstić information content (AvgIpc) is 2.89. The van der Waals surface area contributed by atoms with Gasteiger partial charge in [0, 0.05) is 5.69 Å². The van der Waals surface area contributed by atoms with Crippen molar-refractivity contribution in [2.75, 3.05) is 11.9 Å². The van der Waals surface area contributed by atoms with Crippen LogP contribution in [0.2, 0.25) is 0 Å². The van der Waals surface area contributed by atoms with E-state index in [2.05, 4.69) is 26.2 Å². The van der Waals surface area contributed by atoms with E-state index < -0.39 is 11.7 Å². The summed E-state index contributed by atoms with van der Waals surface area (Å²) < 4.78 is 45.8. The van der Waals surface area contributed by atoms with Gasteiger partial charge in [0.05, 0.1) is 22.2 Å². The maximum Gasteiger partial charge on any atom is 0.420 e. The summed E-state index contributed by atoms with van der Waals surface area (Å²) in [5.74, 6) is -0.139. The van der Waals surface area contributed by atoms with Gasteiger partial charge in [0.2, 0.25) is 0 Å². The number of rotatable bonds is 7. The molecule has 126 valence electrons. The van der Waals surface area contributed by atoms with E-state index in [1.165, 1.54) is 17.4 Å². The minimum Gasteiger partial charge on any atom is -0.493 e. The van der Waals surface area contributed by atoms with Crippen molar-refractivity contribution in [2.24, 2.45) is 0 Å². The second-order valence-electron chi connectivity index (χ2n) is 4.86. The summed E-state index contributed by atoms with van der Waals surface area (Å²) in [6, 6.07) is 3.95. The molecule has 0 fully saturated rings. The molecule has 1 aromatic heterocycles. The van der Waals surface area contributed by atoms with E-state index in [0.717, 1.165) is 29.1 Å². The van der Waals surface area contributed by atoms with Crippen LogP contribution in [-0.2, 0) is 6.18 Å². The molecular weight excluding hydrogens is 393 g/mol. The van der Waals surface area contributed by atoms with Crippen LogP contribution >= 0.6 is 27.3 Å². The molecule has 0 aliphatic carbocycles. The SMILES string of the molecule is CCCCCOc1ccc(Nc2ncc(Br)s2)cc1C(F)(F)F. The van der Waals surface area contributed by atoms with Crippen molar-refractivity contribution in [2.45, 2.75) is 32.4 Å². The Kier molecular flexibility index (Phi) is 6.29. The third-order valence-corrected chi connectivity index (χ3v) is 4.41. The van der Waals surface area contributed by atoms with Gasteiger partial charge in [0.1, 0.15) is 5.75 Å². The fourth-order valence-corrected chi connectivity index (χ4v) is 3.05. The molecule has 2 aromatic rings. The number of thiazole rings is 1. The van der Waals surface area contributed by atoms with E-state index in [9.17, 15) is 13.2 Å². The van der Waals surface area contributed by atoms with Crippen molar-refractivity contribution in [1.82, 2.24) is 4.98 Å². The molecule has 0 atom stereocenters. The lowest BCUT2D eigenvalue weighted by molar-refractivity contribution is -0.138. The lowest BCUT2D eigenvalue weighted by Crippen LogP contribution is -2.10. The first kappa shape index (κ1) is 18.1. The molecule has 0 bridgehead atoms. The molecule has 2 rings (SSSR count). The summed E-state index contributed by atoms with van der Waals surface area (Å²) in [4.78, 5) is 4.04. The monoisotopic (exact) mass is 408 g/mol. The van der Waals surface area contributed by atoms with Crippen molar-refractivity contribution in [1.29, 1.82) is 0 Å². The minimum atomic E-state index is -4.47. The van der Waals surface area contributed by atoms with Crippen LogP contribution in [0.15, 0.2) is 28.2 Å². The highest BCUT2D eigenvalue weighted by Gasteiger charge is 2.34. The third-order valence-electron chi connectivity index (χ3n) is 3.02. The predicted octanol–water partition coefficient (Wildman–Crippen LogP) is 6.24. The highest BCUT2D eigenvalue weighted by Crippen LogP contribution is 2.39. The smallest absolute Gasteiger partial charge is 0.420 e. The van der Waals surface area contributed by atoms with Crippen LogP contribution in [0.3, 0.4) is 0 Å². The van der Waals surface area contributed by atoms with Gasteiger partial charge in [-0.2, -0.15) is 13.2 Å². The standard InChI is InChI=1S/C15H16BrF3N2OS/c1-2-3-4-7-22-12-6-5-10(8-11(12)15(17,18)19)21-14-20-9-13(16)23-14/h5-6,8-9H,2-4,7H2,1H3,(H,20,21). The average molecular weight is 409 g/mol. The van der Waals surface area contributed by atoms with Crippen LogP contribution in [0, 0.1) is 0 Å². The Morgan fingerprint density at radius 2 is 2.09 bits per heavy atom. The lowest BCUT2D eigenvalue weighted by Gasteiger charge is -2.15. The molecule has 0 radical (unpaired) electrons. The molecule has 0 aliphatic rings. The second kappa shape index (κ2) is 8.01. The number of halogens is 4. The predicted molar refractivity (Wildman–Crippen MR) is 89.6 cm³/mol. The zero-order valence-electron chi connectivity index (χ0n) is 12.4. The Balaban J connectivity index is 2.16. The molecule has 0 spiro atoms. The molecule has 0 unspecified atom stereocenters. The number of benzene rings is 1. The van der Waals surface area contributed by atoms with Gasteiger partial charge in [0.25, 0.3) is 0 Å². The van der Waals surface area contributed by atoms with Gasteiger partial charge in [0.15, 0.2) is 5.13 Å². The molecule has 1 heterocycles. The number of hydrogen-bond acceptors (Lipinski definition) is 4. The van der Waals surface area contributed by atoms with Gasteiger partial charge >= 0.3 is 6.18 Å². The van der Waals surface area contributed by atoms with Gasteiger partial charge in [-0.3, -0.25) is 0 Å². The molecular formula is C15H16BrF3N2OS. The quantitative estimate of drug-likeness (QED) is 0.550. The summed E-state index contributed by atoms with van der Waals surface area (Å²) >= 11 is 4.56. The fourth-order valence-electron chi connectivity index (χ4n) is 1.93. The van der Waals surface area contributed by atoms with Crippen molar-refractivity contribution in [3.63, 3.8) is 0 Å². The molecule has 0 saturated carbocycles. The normalized spacial score (nSPS) is 11.5. The summed E-state index contributed by atoms with van der Waals surface area (Å²) in [5, 5.41) is 3.38. The van der Waals surface area contributed by atoms with E-state index in [4.69, 9.17) is 4.74 Å². The highest BCUT2D eigenvalue weighted by molar-refractivity contribution is 9.11. The van der Waals surface area contributed by atoms with Gasteiger partial charge in [-0.05, 0) is 40.5 Å². The van der Waals surface area contributed by atoms with Crippen LogP contribution in [0.25, 0.3) is 0 Å². The van der Waals surface area contributed by atoms with Gasteiger partial charge in [-0.25, -0.2) is 4.98 Å². The number of anilines is 2. The number of hydrogen-bond donors (Lipinski definition) is 1. The van der Waals surface area contributed by atoms with Crippen molar-refractivity contribution < 1.29 is 17.9 Å². The Hall–Kier alpha value is -1.28. The van der Waals surface area contributed by atoms with E-state index in [1.807, 2.05) is 6.92 Å². The number of aromatic nitrogens is 1. The van der Waals surface area contributed by atoms with Crippen molar-refractivity contribution in [3.05, 3.63) is 33.7 Å². The van der Waals surface area contributed by atoms with E-state index in [0.29, 0.717) is 10.8 Å². The lowest BCUT2D eigenvalue weighted by atomic mass is 10.1. The van der Waals surface area contributed by atoms with Crippen LogP contribution in [0.1, 0.15) is 31.7 Å². The van der Waals surface area contributed by atoms with E-state index >= 15 is 0 Å². The first-order valence-corrected chi connectivity index (χ1v) is 8.73. The van der Waals surface area contributed by atoms with Crippen LogP contribution in [0.5, 0.6) is 5.75 Å². The molecule has 1 N–H and O–H groups in total. The zero-order chi connectivity index (χ0) is 16.9. The number of nitrogens with zero attached hydrogens (tertiary/aromatic N) is 1. The van der Waals surface area contributed by atoms with Crippen molar-refractivity contribution in [3.8, 4) is 5.75 Å². The number of nitrogens with one attached hydrogen (secondary N) is 1. The molecule has 8 heteroatoms. The van der Waals surface area contributed by atoms with Crippen LogP contribution in [-0.4, -0.2) is 11.6 Å². The van der Waals surface area contributed by atoms with Gasteiger partial charge < -0.3 is 10.1 Å². The number of ether oxygens (including phenoxy) is 1. The summed E-state index contributed by atoms with van der Waals surface area (Å²) in [6.07, 6.45) is -0.229. The molecule has 0 aliphatic heterocycles. The second-order valence-corrected chi connectivity index (χ2v) is 7.27. The molecule has 23 heavy (non-hydrogen) atoms. The zero-order valence-corrected chi connectivity index (χ0v) is 14.8. The molecule has 0 amide bonds. The summed E-state index contributed by atoms with van der Waals surface area (Å²) in [5.41, 5.74) is -0.463. The Labute approximate surface area is 145 Å². The third kappa shape index (κ3) is 5.39. The molecule has 1 aromatic carbocycles. The van der Waals surface area contributed by atoms with Crippen molar-refractivity contribution >= 4 is 38.1 Å². The van der Waals surface area contributed by atoms with E-state index in [-0.39, 0.29) is 12.4 Å². The Morgan fingerprint density at radius 1 is 1.30 bits per heavy atom. The minimum absolute atomic E-state index is 0.139. The first-order valence-electron chi connectivity index (χ1n) is 7.12. The highest BCUT2D eigenvalue weighted by atomic mass is 79.9. The van der Waals surface area contributed by atoms with E-state index in [1.54, 1.807) is 12.3 Å². The van der Waals surface area contributed by atoms with Crippen LogP contribution < -0.4 is 10.1 Å². The topological polar surface area (TPSA) is 34.1 Å². The van der Waals surface area contributed by atoms with Crippen LogP contribution in [0.4, 0.5) is 24.0 Å². The van der Waals surface area contributed by atoms with Gasteiger partial charge in [-0.15, -0.1) is 0 Å². The maximum absolute atomic E-state index is 13.2. The first-order chi connectivity index (χ1) is 10.9. The Bertz CT molecular complexity index is 646. The summed E-state index contributed by atoms with van der Waals surface area (Å²) in [6.45, 7) is 2.31. The number of alkyl halides is 3. The summed E-state index contributed by atoms with van der Waals surface area (Å²) in [7, 11) is 0. The molecule has 0 saturated heterocycles.